The molecule has 0 bridgehead atoms. The molecule has 2 aliphatic carbocycles. The molecule has 0 saturated heterocycles. The van der Waals surface area contributed by atoms with Crippen LogP contribution >= 0.6 is 0 Å². The fourth-order valence-electron chi connectivity index (χ4n) is 5.01. The standard InChI is InChI=1S/C23H32FN3O4/c24-19-14-18-21(15-20(19)25-16-6-2-1-3-7-16)27(17-8-4-5-9-17)23(30)26(22(18)29)10-12-31-13-11-28/h14-17,25,28H,1-13H2. The summed E-state index contributed by atoms with van der Waals surface area (Å²) in [6, 6.07) is 3.16. The molecule has 2 N–H and O–H groups in total. The maximum absolute atomic E-state index is 15.0. The van der Waals surface area contributed by atoms with E-state index in [0.29, 0.717) is 11.2 Å². The van der Waals surface area contributed by atoms with E-state index in [9.17, 15) is 14.0 Å². The average molecular weight is 434 g/mol. The lowest BCUT2D eigenvalue weighted by Crippen LogP contribution is -2.42. The number of nitrogens with one attached hydrogen (secondary N) is 1. The monoisotopic (exact) mass is 433 g/mol. The van der Waals surface area contributed by atoms with Crippen LogP contribution in [0.15, 0.2) is 21.7 Å². The summed E-state index contributed by atoms with van der Waals surface area (Å²) in [7, 11) is 0. The minimum atomic E-state index is -0.495. The number of hydrogen-bond donors (Lipinski definition) is 2. The maximum Gasteiger partial charge on any atom is 0.331 e. The van der Waals surface area contributed by atoms with Crippen LogP contribution in [0, 0.1) is 5.82 Å². The molecule has 8 heteroatoms. The Morgan fingerprint density at radius 2 is 1.74 bits per heavy atom. The minimum absolute atomic E-state index is 0.00759. The molecule has 0 unspecified atom stereocenters. The van der Waals surface area contributed by atoms with E-state index in [1.807, 2.05) is 0 Å². The molecule has 0 spiro atoms. The van der Waals surface area contributed by atoms with Crippen molar-refractivity contribution in [3.05, 3.63) is 38.8 Å². The number of benzene rings is 1. The molecular weight excluding hydrogens is 401 g/mol. The van der Waals surface area contributed by atoms with Crippen molar-refractivity contribution in [2.75, 3.05) is 25.1 Å². The quantitative estimate of drug-likeness (QED) is 0.625. The van der Waals surface area contributed by atoms with Crippen molar-refractivity contribution < 1.29 is 14.2 Å². The van der Waals surface area contributed by atoms with Crippen LogP contribution in [0.1, 0.15) is 63.8 Å². The highest BCUT2D eigenvalue weighted by atomic mass is 19.1. The highest BCUT2D eigenvalue weighted by Crippen LogP contribution is 2.32. The number of fused-ring (bicyclic) bond motifs is 1. The van der Waals surface area contributed by atoms with Crippen LogP contribution in [0.4, 0.5) is 10.1 Å². The van der Waals surface area contributed by atoms with Gasteiger partial charge in [0.1, 0.15) is 5.82 Å². The molecule has 31 heavy (non-hydrogen) atoms. The van der Waals surface area contributed by atoms with Crippen molar-refractivity contribution in [2.24, 2.45) is 0 Å². The molecule has 0 aliphatic heterocycles. The Morgan fingerprint density at radius 1 is 1.03 bits per heavy atom. The van der Waals surface area contributed by atoms with E-state index in [1.165, 1.54) is 12.5 Å². The molecule has 4 rings (SSSR count). The molecule has 1 aromatic carbocycles. The molecule has 0 amide bonds. The molecule has 1 aromatic heterocycles. The summed E-state index contributed by atoms with van der Waals surface area (Å²) in [6.45, 7) is 0.227. The van der Waals surface area contributed by atoms with Gasteiger partial charge in [-0.15, -0.1) is 0 Å². The van der Waals surface area contributed by atoms with Crippen molar-refractivity contribution in [3.63, 3.8) is 0 Å². The normalized spacial score (nSPS) is 18.1. The van der Waals surface area contributed by atoms with E-state index in [4.69, 9.17) is 9.84 Å². The summed E-state index contributed by atoms with van der Waals surface area (Å²) in [5.74, 6) is -0.463. The number of aromatic nitrogens is 2. The lowest BCUT2D eigenvalue weighted by atomic mass is 9.95. The van der Waals surface area contributed by atoms with Gasteiger partial charge in [0.2, 0.25) is 0 Å². The zero-order valence-electron chi connectivity index (χ0n) is 17.9. The van der Waals surface area contributed by atoms with E-state index in [0.717, 1.165) is 55.9 Å². The Balaban J connectivity index is 1.78. The smallest absolute Gasteiger partial charge is 0.331 e. The second-order valence-corrected chi connectivity index (χ2v) is 8.71. The van der Waals surface area contributed by atoms with Gasteiger partial charge in [-0.2, -0.15) is 0 Å². The van der Waals surface area contributed by atoms with Crippen LogP contribution < -0.4 is 16.6 Å². The van der Waals surface area contributed by atoms with Gasteiger partial charge in [-0.1, -0.05) is 32.1 Å². The Hall–Kier alpha value is -2.19. The summed E-state index contributed by atoms with van der Waals surface area (Å²) < 4.78 is 23.1. The Bertz CT molecular complexity index is 1020. The Morgan fingerprint density at radius 3 is 2.45 bits per heavy atom. The van der Waals surface area contributed by atoms with Gasteiger partial charge in [0.25, 0.3) is 5.56 Å². The number of rotatable bonds is 8. The molecule has 2 saturated carbocycles. The minimum Gasteiger partial charge on any atom is -0.394 e. The fraction of sp³-hybridized carbons (Fsp3) is 0.652. The van der Waals surface area contributed by atoms with Gasteiger partial charge in [0.05, 0.1) is 43.0 Å². The van der Waals surface area contributed by atoms with Gasteiger partial charge < -0.3 is 15.2 Å². The van der Waals surface area contributed by atoms with Crippen molar-refractivity contribution >= 4 is 16.6 Å². The first kappa shape index (κ1) is 22.0. The third-order valence-electron chi connectivity index (χ3n) is 6.61. The Labute approximate surface area is 180 Å². The second kappa shape index (κ2) is 9.96. The maximum atomic E-state index is 15.0. The lowest BCUT2D eigenvalue weighted by molar-refractivity contribution is 0.0857. The van der Waals surface area contributed by atoms with Crippen LogP contribution in [-0.4, -0.2) is 40.1 Å². The van der Waals surface area contributed by atoms with Gasteiger partial charge >= 0.3 is 5.69 Å². The first-order valence-electron chi connectivity index (χ1n) is 11.5. The lowest BCUT2D eigenvalue weighted by Gasteiger charge is -2.25. The zero-order chi connectivity index (χ0) is 21.8. The van der Waals surface area contributed by atoms with Gasteiger partial charge in [-0.3, -0.25) is 13.9 Å². The second-order valence-electron chi connectivity index (χ2n) is 8.71. The molecule has 7 nitrogen and oxygen atoms in total. The summed E-state index contributed by atoms with van der Waals surface area (Å²) in [5, 5.41) is 12.4. The predicted molar refractivity (Wildman–Crippen MR) is 118 cm³/mol. The first-order valence-corrected chi connectivity index (χ1v) is 11.5. The van der Waals surface area contributed by atoms with Crippen molar-refractivity contribution in [1.82, 2.24) is 9.13 Å². The topological polar surface area (TPSA) is 85.5 Å². The summed E-state index contributed by atoms with van der Waals surface area (Å²) in [4.78, 5) is 26.4. The molecular formula is C23H32FN3O4. The molecule has 0 radical (unpaired) electrons. The third kappa shape index (κ3) is 4.70. The van der Waals surface area contributed by atoms with E-state index in [-0.39, 0.29) is 49.5 Å². The van der Waals surface area contributed by atoms with Crippen molar-refractivity contribution in [1.29, 1.82) is 0 Å². The van der Waals surface area contributed by atoms with Gasteiger partial charge in [0.15, 0.2) is 0 Å². The molecule has 0 atom stereocenters. The number of halogens is 1. The van der Waals surface area contributed by atoms with Crippen LogP contribution in [0.3, 0.4) is 0 Å². The number of aliphatic hydroxyl groups excluding tert-OH is 1. The summed E-state index contributed by atoms with van der Waals surface area (Å²) >= 11 is 0. The van der Waals surface area contributed by atoms with Crippen LogP contribution in [0.5, 0.6) is 0 Å². The number of aliphatic hydroxyl groups is 1. The molecule has 1 heterocycles. The average Bonchev–Trinajstić information content (AvgIpc) is 3.30. The van der Waals surface area contributed by atoms with E-state index in [1.54, 1.807) is 10.6 Å². The van der Waals surface area contributed by atoms with Crippen LogP contribution in [-0.2, 0) is 11.3 Å². The van der Waals surface area contributed by atoms with E-state index < -0.39 is 11.4 Å². The number of anilines is 1. The van der Waals surface area contributed by atoms with Crippen molar-refractivity contribution in [2.45, 2.75) is 76.4 Å². The molecule has 2 aromatic rings. The third-order valence-corrected chi connectivity index (χ3v) is 6.61. The highest BCUT2D eigenvalue weighted by Gasteiger charge is 2.25. The number of hydrogen-bond acceptors (Lipinski definition) is 5. The fourth-order valence-corrected chi connectivity index (χ4v) is 5.01. The SMILES string of the molecule is O=c1c2cc(F)c(NC3CCCCC3)cc2n(C2CCCC2)c(=O)n1CCOCCO. The number of ether oxygens (including phenoxy) is 1. The van der Waals surface area contributed by atoms with Gasteiger partial charge in [0, 0.05) is 12.1 Å². The van der Waals surface area contributed by atoms with E-state index in [2.05, 4.69) is 5.32 Å². The van der Waals surface area contributed by atoms with E-state index >= 15 is 0 Å². The number of nitrogens with zero attached hydrogens (tertiary/aromatic N) is 2. The molecule has 2 fully saturated rings. The summed E-state index contributed by atoms with van der Waals surface area (Å²) in [5.41, 5.74) is 0.0142. The van der Waals surface area contributed by atoms with Crippen LogP contribution in [0.2, 0.25) is 0 Å². The zero-order valence-corrected chi connectivity index (χ0v) is 17.9. The highest BCUT2D eigenvalue weighted by molar-refractivity contribution is 5.82. The van der Waals surface area contributed by atoms with Crippen LogP contribution in [0.25, 0.3) is 10.9 Å². The Kier molecular flexibility index (Phi) is 7.07. The summed E-state index contributed by atoms with van der Waals surface area (Å²) in [6.07, 6.45) is 9.28. The van der Waals surface area contributed by atoms with Crippen molar-refractivity contribution in [3.8, 4) is 0 Å². The largest absolute Gasteiger partial charge is 0.394 e. The first-order chi connectivity index (χ1) is 15.1. The van der Waals surface area contributed by atoms with Gasteiger partial charge in [-0.25, -0.2) is 9.18 Å². The predicted octanol–water partition coefficient (Wildman–Crippen LogP) is 3.17. The van der Waals surface area contributed by atoms with Gasteiger partial charge in [-0.05, 0) is 37.8 Å². The molecule has 2 aliphatic rings. The molecule has 170 valence electrons.